The van der Waals surface area contributed by atoms with Crippen LogP contribution < -0.4 is 10.2 Å². The lowest BCUT2D eigenvalue weighted by atomic mass is 10.1. The number of halogens is 3. The lowest BCUT2D eigenvalue weighted by Crippen LogP contribution is -2.48. The van der Waals surface area contributed by atoms with E-state index >= 15 is 0 Å². The van der Waals surface area contributed by atoms with E-state index in [1.54, 1.807) is 18.5 Å². The highest BCUT2D eigenvalue weighted by molar-refractivity contribution is 5.94. The number of nitrogens with one attached hydrogen (secondary N) is 1. The van der Waals surface area contributed by atoms with Gasteiger partial charge >= 0.3 is 12.1 Å². The fourth-order valence-electron chi connectivity index (χ4n) is 3.82. The predicted molar refractivity (Wildman–Crippen MR) is 128 cm³/mol. The number of piperazine rings is 1. The Bertz CT molecular complexity index is 1200. The molecule has 0 saturated carbocycles. The summed E-state index contributed by atoms with van der Waals surface area (Å²) in [6.07, 6.45) is 2.09. The van der Waals surface area contributed by atoms with E-state index in [4.69, 9.17) is 9.90 Å². The van der Waals surface area contributed by atoms with Crippen LogP contribution in [0.1, 0.15) is 48.9 Å². The van der Waals surface area contributed by atoms with Gasteiger partial charge in [-0.2, -0.15) is 13.2 Å². The number of hydrogen-bond acceptors (Lipinski definition) is 8. The van der Waals surface area contributed by atoms with Crippen LogP contribution >= 0.6 is 0 Å². The van der Waals surface area contributed by atoms with Gasteiger partial charge in [0.15, 0.2) is 11.5 Å². The number of alkyl halides is 3. The third-order valence-electron chi connectivity index (χ3n) is 6.04. The molecule has 1 amide bonds. The van der Waals surface area contributed by atoms with Crippen molar-refractivity contribution in [1.29, 1.82) is 0 Å². The van der Waals surface area contributed by atoms with Gasteiger partial charge in [0.05, 0.1) is 11.6 Å². The van der Waals surface area contributed by atoms with Gasteiger partial charge in [0.25, 0.3) is 5.91 Å². The summed E-state index contributed by atoms with van der Waals surface area (Å²) >= 11 is 0. The second-order valence-electron chi connectivity index (χ2n) is 8.49. The Labute approximate surface area is 211 Å². The molecule has 37 heavy (non-hydrogen) atoms. The monoisotopic (exact) mass is 522 g/mol. The molecule has 1 unspecified atom stereocenters. The molecule has 1 aliphatic heterocycles. The molecule has 1 fully saturated rings. The Balaban J connectivity index is 0.000000479. The summed E-state index contributed by atoms with van der Waals surface area (Å²) in [4.78, 5) is 34.8. The van der Waals surface area contributed by atoms with Crippen molar-refractivity contribution in [2.75, 3.05) is 31.6 Å². The first-order valence-electron chi connectivity index (χ1n) is 11.7. The highest BCUT2D eigenvalue weighted by atomic mass is 19.4. The number of hydrogen-bond donors (Lipinski definition) is 2. The zero-order valence-electron chi connectivity index (χ0n) is 20.7. The second-order valence-corrected chi connectivity index (χ2v) is 8.49. The average Bonchev–Trinajstić information content (AvgIpc) is 3.31. The molecule has 0 bridgehead atoms. The normalized spacial score (nSPS) is 16.4. The molecule has 1 saturated heterocycles. The molecular weight excluding hydrogens is 493 g/mol. The number of aromatic nitrogens is 5. The third kappa shape index (κ3) is 6.90. The molecule has 1 atom stereocenters. The number of amides is 1. The predicted octanol–water partition coefficient (Wildman–Crippen LogP) is 2.56. The number of nitrogens with zero attached hydrogens (tertiary/aromatic N) is 7. The molecule has 4 heterocycles. The van der Waals surface area contributed by atoms with Crippen LogP contribution in [-0.4, -0.2) is 85.3 Å². The van der Waals surface area contributed by atoms with E-state index in [0.29, 0.717) is 12.1 Å². The van der Waals surface area contributed by atoms with Crippen molar-refractivity contribution in [3.05, 3.63) is 48.2 Å². The molecule has 1 aliphatic rings. The molecular formula is C23H29F3N8O3. The fraction of sp³-hybridized carbons (Fsp3) is 0.478. The Hall–Kier alpha value is -3.81. The molecule has 2 N–H and O–H groups in total. The summed E-state index contributed by atoms with van der Waals surface area (Å²) in [6.45, 7) is 6.56. The summed E-state index contributed by atoms with van der Waals surface area (Å²) < 4.78 is 33.7. The van der Waals surface area contributed by atoms with Crippen LogP contribution in [0.2, 0.25) is 0 Å². The largest absolute Gasteiger partial charge is 0.490 e. The number of carbonyl (C=O) groups is 2. The average molecular weight is 523 g/mol. The molecule has 0 radical (unpaired) electrons. The molecule has 0 spiro atoms. The first-order valence-corrected chi connectivity index (χ1v) is 11.7. The smallest absolute Gasteiger partial charge is 0.475 e. The van der Waals surface area contributed by atoms with Gasteiger partial charge in [-0.3, -0.25) is 14.1 Å². The van der Waals surface area contributed by atoms with Gasteiger partial charge in [-0.25, -0.2) is 14.8 Å². The van der Waals surface area contributed by atoms with Crippen molar-refractivity contribution in [3.63, 3.8) is 0 Å². The minimum atomic E-state index is -5.08. The molecule has 4 rings (SSSR count). The van der Waals surface area contributed by atoms with Crippen LogP contribution in [0.5, 0.6) is 0 Å². The molecule has 200 valence electrons. The van der Waals surface area contributed by atoms with Gasteiger partial charge in [0.1, 0.15) is 0 Å². The maximum atomic E-state index is 12.7. The van der Waals surface area contributed by atoms with Crippen molar-refractivity contribution in [1.82, 2.24) is 34.8 Å². The van der Waals surface area contributed by atoms with Crippen LogP contribution in [0.15, 0.2) is 36.8 Å². The maximum Gasteiger partial charge on any atom is 0.490 e. The number of anilines is 1. The summed E-state index contributed by atoms with van der Waals surface area (Å²) in [6, 6.07) is 5.66. The Kier molecular flexibility index (Phi) is 8.97. The molecule has 0 aliphatic carbocycles. The van der Waals surface area contributed by atoms with Crippen molar-refractivity contribution in [3.8, 4) is 0 Å². The van der Waals surface area contributed by atoms with E-state index in [-0.39, 0.29) is 18.0 Å². The maximum absolute atomic E-state index is 12.7. The van der Waals surface area contributed by atoms with Crippen molar-refractivity contribution in [2.45, 2.75) is 44.9 Å². The summed E-state index contributed by atoms with van der Waals surface area (Å²) in [7, 11) is 2.08. The quantitative estimate of drug-likeness (QED) is 0.502. The van der Waals surface area contributed by atoms with Gasteiger partial charge in [-0.05, 0) is 38.1 Å². The zero-order valence-corrected chi connectivity index (χ0v) is 20.7. The summed E-state index contributed by atoms with van der Waals surface area (Å²) in [5.41, 5.74) is 1.34. The van der Waals surface area contributed by atoms with E-state index < -0.39 is 12.1 Å². The standard InChI is InChI=1S/C21H28N8O.C2HF3O2/c1-4-16(5-2)24-20(30)15-7-8-18-25-26-19(29(18)13-15)17-14-28(12-11-27(17)3)21-22-9-6-10-23-21;3-2(4,5)1(6)7/h6-10,13,16-17H,4-5,11-12,14H2,1-3H3,(H,24,30);(H,6,7). The number of pyridine rings is 1. The number of likely N-dealkylation sites (N-methyl/N-ethyl adjacent to an activating group) is 1. The number of carbonyl (C=O) groups excluding carboxylic acids is 1. The third-order valence-corrected chi connectivity index (χ3v) is 6.04. The molecule has 3 aromatic rings. The number of carboxylic acids is 1. The number of aliphatic carboxylic acids is 1. The Morgan fingerprint density at radius 1 is 1.14 bits per heavy atom. The summed E-state index contributed by atoms with van der Waals surface area (Å²) in [5, 5.41) is 19.0. The fourth-order valence-corrected chi connectivity index (χ4v) is 3.82. The van der Waals surface area contributed by atoms with E-state index in [0.717, 1.165) is 43.4 Å². The van der Waals surface area contributed by atoms with Gasteiger partial charge in [-0.15, -0.1) is 10.2 Å². The van der Waals surface area contributed by atoms with E-state index in [2.05, 4.69) is 56.2 Å². The molecule has 0 aromatic carbocycles. The Morgan fingerprint density at radius 2 is 1.78 bits per heavy atom. The van der Waals surface area contributed by atoms with Crippen LogP contribution in [0.3, 0.4) is 0 Å². The topological polar surface area (TPSA) is 129 Å². The number of rotatable bonds is 6. The SMILES string of the molecule is CCC(CC)NC(=O)c1ccc2nnc(C3CN(c4ncccn4)CCN3C)n2c1.O=C(O)C(F)(F)F. The highest BCUT2D eigenvalue weighted by Crippen LogP contribution is 2.25. The first kappa shape index (κ1) is 27.8. The highest BCUT2D eigenvalue weighted by Gasteiger charge is 2.38. The molecule has 3 aromatic heterocycles. The van der Waals surface area contributed by atoms with Crippen LogP contribution in [0.4, 0.5) is 19.1 Å². The van der Waals surface area contributed by atoms with Crippen molar-refractivity contribution in [2.24, 2.45) is 0 Å². The van der Waals surface area contributed by atoms with Gasteiger partial charge in [-0.1, -0.05) is 13.8 Å². The van der Waals surface area contributed by atoms with E-state index in [1.807, 2.05) is 22.7 Å². The van der Waals surface area contributed by atoms with Crippen molar-refractivity contribution >= 4 is 23.5 Å². The number of carboxylic acid groups (broad SMARTS) is 1. The zero-order chi connectivity index (χ0) is 27.2. The Morgan fingerprint density at radius 3 is 2.38 bits per heavy atom. The number of fused-ring (bicyclic) bond motifs is 1. The van der Waals surface area contributed by atoms with Gasteiger partial charge < -0.3 is 15.3 Å². The second kappa shape index (κ2) is 12.0. The van der Waals surface area contributed by atoms with Gasteiger partial charge in [0.2, 0.25) is 5.95 Å². The summed E-state index contributed by atoms with van der Waals surface area (Å²) in [5.74, 6) is -1.30. The lowest BCUT2D eigenvalue weighted by Gasteiger charge is -2.38. The van der Waals surface area contributed by atoms with E-state index in [9.17, 15) is 18.0 Å². The van der Waals surface area contributed by atoms with Gasteiger partial charge in [0, 0.05) is 44.3 Å². The van der Waals surface area contributed by atoms with E-state index in [1.165, 1.54) is 0 Å². The van der Waals surface area contributed by atoms with Crippen molar-refractivity contribution < 1.29 is 27.9 Å². The van der Waals surface area contributed by atoms with Crippen LogP contribution in [0.25, 0.3) is 5.65 Å². The first-order chi connectivity index (χ1) is 17.5. The molecule has 14 heteroatoms. The van der Waals surface area contributed by atoms with Crippen LogP contribution in [-0.2, 0) is 4.79 Å². The minimum Gasteiger partial charge on any atom is -0.475 e. The lowest BCUT2D eigenvalue weighted by molar-refractivity contribution is -0.192. The molecule has 11 nitrogen and oxygen atoms in total. The van der Waals surface area contributed by atoms with Crippen LogP contribution in [0, 0.1) is 0 Å². The minimum absolute atomic E-state index is 0.00917.